The average molecular weight is 250 g/mol. The third-order valence-corrected chi connectivity index (χ3v) is 4.73. The molecule has 2 aliphatic rings. The Balaban J connectivity index is 2.16. The Hall–Kier alpha value is -0.520. The Bertz CT molecular complexity index is 378. The van der Waals surface area contributed by atoms with Gasteiger partial charge in [0.2, 0.25) is 0 Å². The van der Waals surface area contributed by atoms with Gasteiger partial charge < -0.3 is 9.84 Å². The fourth-order valence-corrected chi connectivity index (χ4v) is 3.32. The van der Waals surface area contributed by atoms with Gasteiger partial charge in [-0.05, 0) is 45.4 Å². The Kier molecular flexibility index (Phi) is 3.28. The van der Waals surface area contributed by atoms with Crippen molar-refractivity contribution in [1.82, 2.24) is 0 Å². The van der Waals surface area contributed by atoms with Crippen molar-refractivity contribution >= 4 is 0 Å². The third-order valence-electron chi connectivity index (χ3n) is 4.73. The maximum Gasteiger partial charge on any atom is 0.160 e. The fraction of sp³-hybridized carbons (Fsp3) is 0.875. The minimum Gasteiger partial charge on any atom is -0.378 e. The van der Waals surface area contributed by atoms with Gasteiger partial charge in [0.05, 0.1) is 0 Å². The summed E-state index contributed by atoms with van der Waals surface area (Å²) in [6.45, 7) is 10.3. The second-order valence-electron chi connectivity index (χ2n) is 6.88. The maximum absolute atomic E-state index is 10.5. The van der Waals surface area contributed by atoms with E-state index in [2.05, 4.69) is 39.5 Å². The molecule has 0 radical (unpaired) electrons. The molecule has 0 aromatic rings. The molecule has 0 amide bonds. The Morgan fingerprint density at radius 3 is 2.17 bits per heavy atom. The smallest absolute Gasteiger partial charge is 0.160 e. The molecular weight excluding hydrogens is 224 g/mol. The second-order valence-corrected chi connectivity index (χ2v) is 6.88. The second kappa shape index (κ2) is 4.25. The van der Waals surface area contributed by atoms with Crippen molar-refractivity contribution in [3.63, 3.8) is 0 Å². The molecule has 1 N–H and O–H groups in total. The predicted octanol–water partition coefficient (Wildman–Crippen LogP) is 3.13. The molecule has 2 heteroatoms. The van der Waals surface area contributed by atoms with Gasteiger partial charge in [-0.1, -0.05) is 38.5 Å². The summed E-state index contributed by atoms with van der Waals surface area (Å²) in [4.78, 5) is 0. The van der Waals surface area contributed by atoms with Gasteiger partial charge in [-0.25, -0.2) is 0 Å². The van der Waals surface area contributed by atoms with E-state index in [-0.39, 0.29) is 11.2 Å². The summed E-state index contributed by atoms with van der Waals surface area (Å²) >= 11 is 0. The molecule has 2 atom stereocenters. The fourth-order valence-electron chi connectivity index (χ4n) is 3.32. The molecule has 1 aliphatic heterocycles. The predicted molar refractivity (Wildman–Crippen MR) is 73.1 cm³/mol. The van der Waals surface area contributed by atoms with Gasteiger partial charge in [0, 0.05) is 0 Å². The van der Waals surface area contributed by atoms with Crippen LogP contribution in [0.2, 0.25) is 0 Å². The van der Waals surface area contributed by atoms with E-state index in [4.69, 9.17) is 4.74 Å². The highest BCUT2D eigenvalue weighted by molar-refractivity contribution is 5.34. The molecule has 2 nitrogen and oxygen atoms in total. The Labute approximate surface area is 111 Å². The molecule has 1 saturated carbocycles. The summed E-state index contributed by atoms with van der Waals surface area (Å²) in [6, 6.07) is 0. The van der Waals surface area contributed by atoms with Crippen molar-refractivity contribution in [2.75, 3.05) is 0 Å². The van der Waals surface area contributed by atoms with Gasteiger partial charge in [-0.15, -0.1) is 0 Å². The van der Waals surface area contributed by atoms with Crippen molar-refractivity contribution in [1.29, 1.82) is 0 Å². The van der Waals surface area contributed by atoms with Crippen molar-refractivity contribution in [3.8, 4) is 11.8 Å². The van der Waals surface area contributed by atoms with Crippen LogP contribution in [0.1, 0.15) is 60.3 Å². The van der Waals surface area contributed by atoms with Gasteiger partial charge in [0.1, 0.15) is 11.2 Å². The first-order valence-electron chi connectivity index (χ1n) is 7.18. The SMILES string of the molecule is CC(C)C1(C#CC(C)(O)C2CCCC2)OC1(C)C. The largest absolute Gasteiger partial charge is 0.378 e. The van der Waals surface area contributed by atoms with E-state index in [1.807, 2.05) is 6.92 Å². The van der Waals surface area contributed by atoms with E-state index in [0.717, 1.165) is 12.8 Å². The number of ether oxygens (including phenoxy) is 1. The van der Waals surface area contributed by atoms with Crippen LogP contribution in [0.25, 0.3) is 0 Å². The molecule has 0 aromatic heterocycles. The van der Waals surface area contributed by atoms with E-state index in [1.54, 1.807) is 0 Å². The summed E-state index contributed by atoms with van der Waals surface area (Å²) in [5, 5.41) is 10.5. The minimum absolute atomic E-state index is 0.181. The summed E-state index contributed by atoms with van der Waals surface area (Å²) < 4.78 is 5.83. The highest BCUT2D eigenvalue weighted by Gasteiger charge is 2.65. The van der Waals surface area contributed by atoms with E-state index < -0.39 is 5.60 Å². The van der Waals surface area contributed by atoms with Crippen LogP contribution in [0.5, 0.6) is 0 Å². The van der Waals surface area contributed by atoms with E-state index in [0.29, 0.717) is 11.8 Å². The molecule has 0 aromatic carbocycles. The molecule has 2 unspecified atom stereocenters. The summed E-state index contributed by atoms with van der Waals surface area (Å²) in [5.41, 5.74) is -1.41. The van der Waals surface area contributed by atoms with Crippen molar-refractivity contribution in [2.24, 2.45) is 11.8 Å². The maximum atomic E-state index is 10.5. The lowest BCUT2D eigenvalue weighted by Gasteiger charge is -2.24. The van der Waals surface area contributed by atoms with Crippen LogP contribution in [-0.2, 0) is 4.74 Å². The van der Waals surface area contributed by atoms with Crippen LogP contribution >= 0.6 is 0 Å². The average Bonchev–Trinajstić information content (AvgIpc) is 2.70. The molecule has 2 rings (SSSR count). The molecule has 1 aliphatic carbocycles. The molecule has 102 valence electrons. The lowest BCUT2D eigenvalue weighted by atomic mass is 9.83. The number of hydrogen-bond donors (Lipinski definition) is 1. The number of rotatable bonds is 2. The zero-order chi connectivity index (χ0) is 13.6. The normalized spacial score (nSPS) is 33.9. The highest BCUT2D eigenvalue weighted by Crippen LogP contribution is 2.52. The van der Waals surface area contributed by atoms with Crippen molar-refractivity contribution in [2.45, 2.75) is 77.1 Å². The van der Waals surface area contributed by atoms with Crippen LogP contribution in [0.4, 0.5) is 0 Å². The lowest BCUT2D eigenvalue weighted by molar-refractivity contribution is 0.0585. The van der Waals surface area contributed by atoms with Gasteiger partial charge in [0.25, 0.3) is 0 Å². The van der Waals surface area contributed by atoms with Crippen LogP contribution < -0.4 is 0 Å². The van der Waals surface area contributed by atoms with Crippen molar-refractivity contribution < 1.29 is 9.84 Å². The molecule has 18 heavy (non-hydrogen) atoms. The zero-order valence-electron chi connectivity index (χ0n) is 12.3. The monoisotopic (exact) mass is 250 g/mol. The molecule has 1 heterocycles. The molecule has 0 spiro atoms. The first-order valence-corrected chi connectivity index (χ1v) is 7.18. The number of epoxide rings is 1. The summed E-state index contributed by atoms with van der Waals surface area (Å²) in [7, 11) is 0. The van der Waals surface area contributed by atoms with Crippen LogP contribution in [0.15, 0.2) is 0 Å². The van der Waals surface area contributed by atoms with Gasteiger partial charge in [-0.3, -0.25) is 0 Å². The molecule has 0 bridgehead atoms. The topological polar surface area (TPSA) is 32.8 Å². The third kappa shape index (κ3) is 2.19. The minimum atomic E-state index is -0.861. The Morgan fingerprint density at radius 2 is 1.78 bits per heavy atom. The van der Waals surface area contributed by atoms with E-state index in [1.165, 1.54) is 12.8 Å². The number of hydrogen-bond acceptors (Lipinski definition) is 2. The molecular formula is C16H26O2. The van der Waals surface area contributed by atoms with Crippen LogP contribution in [0.3, 0.4) is 0 Å². The first kappa shape index (κ1) is 13.9. The van der Waals surface area contributed by atoms with E-state index in [9.17, 15) is 5.11 Å². The van der Waals surface area contributed by atoms with Gasteiger partial charge >= 0.3 is 0 Å². The van der Waals surface area contributed by atoms with Crippen molar-refractivity contribution in [3.05, 3.63) is 0 Å². The zero-order valence-corrected chi connectivity index (χ0v) is 12.3. The van der Waals surface area contributed by atoms with Crippen LogP contribution in [-0.4, -0.2) is 21.9 Å². The van der Waals surface area contributed by atoms with Gasteiger partial charge in [0.15, 0.2) is 5.60 Å². The molecule has 1 saturated heterocycles. The highest BCUT2D eigenvalue weighted by atomic mass is 16.6. The van der Waals surface area contributed by atoms with Crippen LogP contribution in [0, 0.1) is 23.7 Å². The Morgan fingerprint density at radius 1 is 1.28 bits per heavy atom. The van der Waals surface area contributed by atoms with Gasteiger partial charge in [-0.2, -0.15) is 0 Å². The summed E-state index contributed by atoms with van der Waals surface area (Å²) in [6.07, 6.45) is 4.64. The standard InChI is InChI=1S/C16H26O2/c1-12(2)16(14(3,4)18-16)11-10-15(5,17)13-8-6-7-9-13/h12-13,17H,6-9H2,1-5H3. The summed E-state index contributed by atoms with van der Waals surface area (Å²) in [5.74, 6) is 7.05. The molecule has 2 fully saturated rings. The first-order chi connectivity index (χ1) is 8.21. The quantitative estimate of drug-likeness (QED) is 0.603. The number of aliphatic hydroxyl groups is 1. The van der Waals surface area contributed by atoms with E-state index >= 15 is 0 Å². The lowest BCUT2D eigenvalue weighted by Crippen LogP contribution is -2.33.